The number of nitrogens with one attached hydrogen (secondary N) is 2. The van der Waals surface area contributed by atoms with Gasteiger partial charge in [-0.25, -0.2) is 0 Å². The Balaban J connectivity index is 1.89. The van der Waals surface area contributed by atoms with Crippen LogP contribution < -0.4 is 5.32 Å². The van der Waals surface area contributed by atoms with E-state index in [1.54, 1.807) is 24.0 Å². The monoisotopic (exact) mass is 254 g/mol. The van der Waals surface area contributed by atoms with Crippen LogP contribution in [0, 0.1) is 6.92 Å². The first-order valence-corrected chi connectivity index (χ1v) is 6.02. The number of carbonyl (C=O) groups is 1. The molecule has 2 N–H and O–H groups in total. The molecular weight excluding hydrogens is 240 g/mol. The van der Waals surface area contributed by atoms with Crippen molar-refractivity contribution in [3.05, 3.63) is 47.8 Å². The van der Waals surface area contributed by atoms with Crippen molar-refractivity contribution in [2.45, 2.75) is 6.92 Å². The number of amides is 1. The van der Waals surface area contributed by atoms with Crippen LogP contribution in [0.15, 0.2) is 36.5 Å². The molecule has 3 rings (SSSR count). The summed E-state index contributed by atoms with van der Waals surface area (Å²) in [6, 6.07) is 9.64. The van der Waals surface area contributed by atoms with Crippen molar-refractivity contribution >= 4 is 22.6 Å². The molecule has 0 fully saturated rings. The first kappa shape index (κ1) is 11.5. The maximum Gasteiger partial charge on any atom is 0.273 e. The van der Waals surface area contributed by atoms with Gasteiger partial charge in [0.1, 0.15) is 5.69 Å². The molecule has 96 valence electrons. The normalized spacial score (nSPS) is 10.8. The summed E-state index contributed by atoms with van der Waals surface area (Å²) in [4.78, 5) is 15.2. The third kappa shape index (κ3) is 2.22. The first-order chi connectivity index (χ1) is 9.11. The molecule has 19 heavy (non-hydrogen) atoms. The van der Waals surface area contributed by atoms with Crippen molar-refractivity contribution in [3.8, 4) is 0 Å². The topological polar surface area (TPSA) is 62.7 Å². The zero-order valence-electron chi connectivity index (χ0n) is 10.8. The second-order valence-corrected chi connectivity index (χ2v) is 4.60. The van der Waals surface area contributed by atoms with Gasteiger partial charge >= 0.3 is 0 Å². The molecule has 0 aliphatic rings. The van der Waals surface area contributed by atoms with E-state index in [0.29, 0.717) is 11.5 Å². The summed E-state index contributed by atoms with van der Waals surface area (Å²) in [5, 5.41) is 7.90. The third-order valence-electron chi connectivity index (χ3n) is 2.98. The van der Waals surface area contributed by atoms with E-state index in [1.165, 1.54) is 5.56 Å². The van der Waals surface area contributed by atoms with Gasteiger partial charge in [-0.15, -0.1) is 0 Å². The molecule has 3 aromatic rings. The lowest BCUT2D eigenvalue weighted by Crippen LogP contribution is -2.12. The molecule has 0 atom stereocenters. The van der Waals surface area contributed by atoms with Gasteiger partial charge in [0, 0.05) is 30.2 Å². The maximum absolute atomic E-state index is 12.1. The maximum atomic E-state index is 12.1. The zero-order valence-corrected chi connectivity index (χ0v) is 10.8. The number of H-pyrrole nitrogens is 1. The molecule has 0 spiro atoms. The zero-order chi connectivity index (χ0) is 13.4. The van der Waals surface area contributed by atoms with Crippen LogP contribution in [0.4, 0.5) is 5.82 Å². The highest BCUT2D eigenvalue weighted by Crippen LogP contribution is 2.17. The highest BCUT2D eigenvalue weighted by atomic mass is 16.2. The number of fused-ring (bicyclic) bond motifs is 1. The minimum absolute atomic E-state index is 0.187. The van der Waals surface area contributed by atoms with Crippen LogP contribution >= 0.6 is 0 Å². The Bertz CT molecular complexity index is 754. The van der Waals surface area contributed by atoms with E-state index in [0.717, 1.165) is 10.9 Å². The van der Waals surface area contributed by atoms with Gasteiger partial charge in [-0.2, -0.15) is 5.10 Å². The number of rotatable bonds is 2. The van der Waals surface area contributed by atoms with Crippen molar-refractivity contribution in [2.24, 2.45) is 7.05 Å². The number of hydrogen-bond donors (Lipinski definition) is 2. The molecule has 0 saturated heterocycles. The fourth-order valence-electron chi connectivity index (χ4n) is 2.04. The molecule has 1 amide bonds. The van der Waals surface area contributed by atoms with Crippen LogP contribution in [0.25, 0.3) is 10.9 Å². The SMILES string of the molecule is Cc1ccc2[nH]c(C(=O)Nc3ccn(C)n3)cc2c1. The van der Waals surface area contributed by atoms with Crippen LogP contribution in [-0.2, 0) is 7.05 Å². The van der Waals surface area contributed by atoms with Gasteiger partial charge in [0.25, 0.3) is 5.91 Å². The van der Waals surface area contributed by atoms with Gasteiger partial charge < -0.3 is 10.3 Å². The van der Waals surface area contributed by atoms with Crippen molar-refractivity contribution < 1.29 is 4.79 Å². The van der Waals surface area contributed by atoms with Gasteiger partial charge in [0.2, 0.25) is 0 Å². The number of aromatic nitrogens is 3. The summed E-state index contributed by atoms with van der Waals surface area (Å²) < 4.78 is 1.64. The molecule has 2 heterocycles. The van der Waals surface area contributed by atoms with E-state index < -0.39 is 0 Å². The summed E-state index contributed by atoms with van der Waals surface area (Å²) >= 11 is 0. The van der Waals surface area contributed by atoms with Crippen molar-refractivity contribution in [3.63, 3.8) is 0 Å². The fourth-order valence-corrected chi connectivity index (χ4v) is 2.04. The summed E-state index contributed by atoms with van der Waals surface area (Å²) in [5.41, 5.74) is 2.66. The lowest BCUT2D eigenvalue weighted by atomic mass is 10.2. The largest absolute Gasteiger partial charge is 0.351 e. The number of nitrogens with zero attached hydrogens (tertiary/aromatic N) is 2. The lowest BCUT2D eigenvalue weighted by Gasteiger charge is -1.98. The second-order valence-electron chi connectivity index (χ2n) is 4.60. The average molecular weight is 254 g/mol. The first-order valence-electron chi connectivity index (χ1n) is 6.02. The molecule has 5 nitrogen and oxygen atoms in total. The molecule has 2 aromatic heterocycles. The fraction of sp³-hybridized carbons (Fsp3) is 0.143. The Morgan fingerprint density at radius 2 is 2.16 bits per heavy atom. The van der Waals surface area contributed by atoms with Gasteiger partial charge in [-0.3, -0.25) is 9.48 Å². The molecule has 0 aliphatic carbocycles. The molecule has 0 radical (unpaired) electrons. The van der Waals surface area contributed by atoms with Crippen LogP contribution in [0.2, 0.25) is 0 Å². The van der Waals surface area contributed by atoms with Gasteiger partial charge in [-0.1, -0.05) is 11.6 Å². The Hall–Kier alpha value is -2.56. The average Bonchev–Trinajstić information content (AvgIpc) is 2.95. The Morgan fingerprint density at radius 1 is 1.32 bits per heavy atom. The van der Waals surface area contributed by atoms with Crippen molar-refractivity contribution in [1.82, 2.24) is 14.8 Å². The van der Waals surface area contributed by atoms with Crippen LogP contribution in [0.3, 0.4) is 0 Å². The summed E-state index contributed by atoms with van der Waals surface area (Å²) in [6.45, 7) is 2.03. The van der Waals surface area contributed by atoms with E-state index in [9.17, 15) is 4.79 Å². The van der Waals surface area contributed by atoms with Gasteiger partial charge in [-0.05, 0) is 25.1 Å². The summed E-state index contributed by atoms with van der Waals surface area (Å²) in [7, 11) is 1.81. The smallest absolute Gasteiger partial charge is 0.273 e. The van der Waals surface area contributed by atoms with E-state index in [1.807, 2.05) is 31.2 Å². The molecule has 5 heteroatoms. The second kappa shape index (κ2) is 4.28. The van der Waals surface area contributed by atoms with Gasteiger partial charge in [0.15, 0.2) is 5.82 Å². The van der Waals surface area contributed by atoms with Crippen molar-refractivity contribution in [1.29, 1.82) is 0 Å². The number of benzene rings is 1. The lowest BCUT2D eigenvalue weighted by molar-refractivity contribution is 0.102. The molecule has 1 aromatic carbocycles. The molecular formula is C14H14N4O. The minimum atomic E-state index is -0.187. The van der Waals surface area contributed by atoms with Crippen LogP contribution in [0.5, 0.6) is 0 Å². The molecule has 0 bridgehead atoms. The number of carbonyl (C=O) groups excluding carboxylic acids is 1. The van der Waals surface area contributed by atoms with Crippen molar-refractivity contribution in [2.75, 3.05) is 5.32 Å². The highest BCUT2D eigenvalue weighted by Gasteiger charge is 2.10. The van der Waals surface area contributed by atoms with Crippen LogP contribution in [0.1, 0.15) is 16.1 Å². The molecule has 0 saturated carbocycles. The quantitative estimate of drug-likeness (QED) is 0.738. The standard InChI is InChI=1S/C14H14N4O/c1-9-3-4-11-10(7-9)8-12(15-11)14(19)16-13-5-6-18(2)17-13/h3-8,15H,1-2H3,(H,16,17,19). The van der Waals surface area contributed by atoms with E-state index in [-0.39, 0.29) is 5.91 Å². The highest BCUT2D eigenvalue weighted by molar-refractivity contribution is 6.05. The Kier molecular flexibility index (Phi) is 2.59. The van der Waals surface area contributed by atoms with E-state index in [4.69, 9.17) is 0 Å². The number of aryl methyl sites for hydroxylation is 2. The number of hydrogen-bond acceptors (Lipinski definition) is 2. The summed E-state index contributed by atoms with van der Waals surface area (Å²) in [5.74, 6) is 0.356. The molecule has 0 unspecified atom stereocenters. The Morgan fingerprint density at radius 3 is 2.89 bits per heavy atom. The van der Waals surface area contributed by atoms with E-state index in [2.05, 4.69) is 15.4 Å². The Labute approximate surface area is 110 Å². The summed E-state index contributed by atoms with van der Waals surface area (Å²) in [6.07, 6.45) is 1.78. The van der Waals surface area contributed by atoms with Gasteiger partial charge in [0.05, 0.1) is 0 Å². The number of anilines is 1. The van der Waals surface area contributed by atoms with Crippen LogP contribution in [-0.4, -0.2) is 20.7 Å². The molecule has 0 aliphatic heterocycles. The van der Waals surface area contributed by atoms with E-state index >= 15 is 0 Å². The predicted octanol–water partition coefficient (Wildman–Crippen LogP) is 2.46. The number of aromatic amines is 1. The predicted molar refractivity (Wildman–Crippen MR) is 74.2 cm³/mol. The third-order valence-corrected chi connectivity index (χ3v) is 2.98. The minimum Gasteiger partial charge on any atom is -0.351 e.